The highest BCUT2D eigenvalue weighted by Gasteiger charge is 2.24. The van der Waals surface area contributed by atoms with Gasteiger partial charge in [0.1, 0.15) is 6.17 Å². The fourth-order valence-corrected chi connectivity index (χ4v) is 8.13. The molecule has 0 aromatic heterocycles. The summed E-state index contributed by atoms with van der Waals surface area (Å²) in [6.07, 6.45) is 61.9. The monoisotopic (exact) mass is 687 g/mol. The number of rotatable bonds is 41. The van der Waals surface area contributed by atoms with Crippen LogP contribution in [0.5, 0.6) is 0 Å². The molecule has 0 amide bonds. The van der Waals surface area contributed by atoms with Crippen molar-refractivity contribution < 1.29 is 0 Å². The molecule has 0 spiro atoms. The molecule has 0 aromatic carbocycles. The van der Waals surface area contributed by atoms with Crippen LogP contribution in [0.3, 0.4) is 0 Å². The van der Waals surface area contributed by atoms with E-state index >= 15 is 0 Å². The van der Waals surface area contributed by atoms with Crippen LogP contribution in [-0.4, -0.2) is 29.1 Å². The standard InChI is InChI=1S/C47H94N2/c1-4-7-10-13-15-17-19-21-23-25-27-29-31-33-35-38-41-44-49-46-45-48(47(49)42-39-36-12-9-6-3)43-40-37-34-32-30-28-26-24-22-20-18-16-14-11-8-5-2/h45-47H,4-44H2,1-3H3. The lowest BCUT2D eigenvalue weighted by Gasteiger charge is -2.33. The molecule has 0 saturated carbocycles. The Morgan fingerprint density at radius 2 is 0.469 bits per heavy atom. The van der Waals surface area contributed by atoms with Gasteiger partial charge in [0.05, 0.1) is 0 Å². The molecule has 0 aliphatic carbocycles. The minimum Gasteiger partial charge on any atom is -0.356 e. The molecule has 0 aromatic rings. The Balaban J connectivity index is 2.05. The van der Waals surface area contributed by atoms with Gasteiger partial charge in [-0.2, -0.15) is 0 Å². The Morgan fingerprint density at radius 1 is 0.265 bits per heavy atom. The van der Waals surface area contributed by atoms with Crippen molar-refractivity contribution in [3.63, 3.8) is 0 Å². The fourth-order valence-electron chi connectivity index (χ4n) is 8.13. The van der Waals surface area contributed by atoms with Crippen molar-refractivity contribution in [1.29, 1.82) is 0 Å². The van der Waals surface area contributed by atoms with E-state index in [2.05, 4.69) is 43.0 Å². The maximum Gasteiger partial charge on any atom is 0.101 e. The second kappa shape index (κ2) is 38.6. The van der Waals surface area contributed by atoms with Crippen molar-refractivity contribution in [2.24, 2.45) is 0 Å². The first kappa shape index (κ1) is 46.4. The number of hydrogen-bond donors (Lipinski definition) is 0. The average molecular weight is 687 g/mol. The van der Waals surface area contributed by atoms with Gasteiger partial charge in [-0.05, 0) is 25.7 Å². The molecule has 0 N–H and O–H groups in total. The van der Waals surface area contributed by atoms with Gasteiger partial charge in [-0.15, -0.1) is 0 Å². The van der Waals surface area contributed by atoms with Crippen molar-refractivity contribution in [2.45, 2.75) is 277 Å². The number of unbranched alkanes of at least 4 members (excludes halogenated alkanes) is 35. The van der Waals surface area contributed by atoms with E-state index in [1.165, 1.54) is 264 Å². The van der Waals surface area contributed by atoms with Crippen LogP contribution in [0.2, 0.25) is 0 Å². The summed E-state index contributed by atoms with van der Waals surface area (Å²) in [4.78, 5) is 5.44. The highest BCUT2D eigenvalue weighted by molar-refractivity contribution is 4.97. The summed E-state index contributed by atoms with van der Waals surface area (Å²) < 4.78 is 0. The first-order chi connectivity index (χ1) is 24.3. The first-order valence-corrected chi connectivity index (χ1v) is 23.5. The van der Waals surface area contributed by atoms with E-state index in [0.717, 1.165) is 0 Å². The largest absolute Gasteiger partial charge is 0.356 e. The average Bonchev–Trinajstić information content (AvgIpc) is 3.50. The molecule has 292 valence electrons. The van der Waals surface area contributed by atoms with E-state index in [0.29, 0.717) is 6.17 Å². The van der Waals surface area contributed by atoms with Crippen LogP contribution in [-0.2, 0) is 0 Å². The molecule has 49 heavy (non-hydrogen) atoms. The summed E-state index contributed by atoms with van der Waals surface area (Å²) in [5, 5.41) is 0. The van der Waals surface area contributed by atoms with Crippen LogP contribution < -0.4 is 0 Å². The molecule has 0 fully saturated rings. The van der Waals surface area contributed by atoms with Gasteiger partial charge in [0, 0.05) is 25.5 Å². The van der Waals surface area contributed by atoms with Crippen LogP contribution in [0.25, 0.3) is 0 Å². The van der Waals surface area contributed by atoms with E-state index < -0.39 is 0 Å². The lowest BCUT2D eigenvalue weighted by Crippen LogP contribution is -2.39. The molecule has 1 heterocycles. The van der Waals surface area contributed by atoms with E-state index in [1.807, 2.05) is 0 Å². The third-order valence-electron chi connectivity index (χ3n) is 11.6. The molecule has 1 aliphatic heterocycles. The van der Waals surface area contributed by atoms with Gasteiger partial charge < -0.3 is 9.80 Å². The maximum absolute atomic E-state index is 2.72. The molecule has 1 rings (SSSR count). The van der Waals surface area contributed by atoms with Crippen molar-refractivity contribution in [3.8, 4) is 0 Å². The van der Waals surface area contributed by atoms with Crippen molar-refractivity contribution in [1.82, 2.24) is 9.80 Å². The Kier molecular flexibility index (Phi) is 36.5. The van der Waals surface area contributed by atoms with Crippen LogP contribution >= 0.6 is 0 Å². The SMILES string of the molecule is CCCCCCCCCCCCCCCCCCCN1C=CN(CCCCCCCCCCCCCCCCCC)C1CCCCCCC. The predicted molar refractivity (Wildman–Crippen MR) is 223 cm³/mol. The van der Waals surface area contributed by atoms with Crippen LogP contribution in [0, 0.1) is 0 Å². The highest BCUT2D eigenvalue weighted by Crippen LogP contribution is 2.24. The van der Waals surface area contributed by atoms with Gasteiger partial charge in [0.15, 0.2) is 0 Å². The Hall–Kier alpha value is -0.660. The van der Waals surface area contributed by atoms with Gasteiger partial charge >= 0.3 is 0 Å². The molecule has 2 heteroatoms. The third kappa shape index (κ3) is 30.7. The summed E-state index contributed by atoms with van der Waals surface area (Å²) in [5.41, 5.74) is 0. The molecule has 0 saturated heterocycles. The van der Waals surface area contributed by atoms with Gasteiger partial charge in [0.2, 0.25) is 0 Å². The Labute approximate surface area is 311 Å². The summed E-state index contributed by atoms with van der Waals surface area (Å²) in [6.45, 7) is 9.50. The second-order valence-corrected chi connectivity index (χ2v) is 16.4. The highest BCUT2D eigenvalue weighted by atomic mass is 15.4. The van der Waals surface area contributed by atoms with E-state index in [1.54, 1.807) is 0 Å². The fraction of sp³-hybridized carbons (Fsp3) is 0.957. The summed E-state index contributed by atoms with van der Waals surface area (Å²) in [7, 11) is 0. The quantitative estimate of drug-likeness (QED) is 0.0591. The lowest BCUT2D eigenvalue weighted by molar-refractivity contribution is 0.135. The molecule has 1 aliphatic rings. The molecule has 0 bridgehead atoms. The summed E-state index contributed by atoms with van der Waals surface area (Å²) >= 11 is 0. The second-order valence-electron chi connectivity index (χ2n) is 16.4. The topological polar surface area (TPSA) is 6.48 Å². The normalized spacial score (nSPS) is 14.6. The van der Waals surface area contributed by atoms with Crippen molar-refractivity contribution in [2.75, 3.05) is 13.1 Å². The summed E-state index contributed by atoms with van der Waals surface area (Å²) in [6, 6.07) is 0. The Morgan fingerprint density at radius 3 is 0.714 bits per heavy atom. The zero-order chi connectivity index (χ0) is 35.1. The van der Waals surface area contributed by atoms with Gasteiger partial charge in [-0.1, -0.05) is 245 Å². The molecule has 1 unspecified atom stereocenters. The first-order valence-electron chi connectivity index (χ1n) is 23.5. The van der Waals surface area contributed by atoms with E-state index in [4.69, 9.17) is 0 Å². The predicted octanol–water partition coefficient (Wildman–Crippen LogP) is 16.7. The Bertz CT molecular complexity index is 644. The van der Waals surface area contributed by atoms with E-state index in [9.17, 15) is 0 Å². The van der Waals surface area contributed by atoms with Crippen molar-refractivity contribution >= 4 is 0 Å². The molecule has 0 radical (unpaired) electrons. The maximum atomic E-state index is 2.72. The zero-order valence-corrected chi connectivity index (χ0v) is 34.6. The van der Waals surface area contributed by atoms with Crippen LogP contribution in [0.1, 0.15) is 271 Å². The number of hydrogen-bond acceptors (Lipinski definition) is 2. The minimum absolute atomic E-state index is 0.638. The third-order valence-corrected chi connectivity index (χ3v) is 11.6. The summed E-state index contributed by atoms with van der Waals surface area (Å²) in [5.74, 6) is 0. The lowest BCUT2D eigenvalue weighted by atomic mass is 10.0. The van der Waals surface area contributed by atoms with Gasteiger partial charge in [-0.25, -0.2) is 0 Å². The van der Waals surface area contributed by atoms with Crippen LogP contribution in [0.15, 0.2) is 12.4 Å². The number of nitrogens with zero attached hydrogens (tertiary/aromatic N) is 2. The van der Waals surface area contributed by atoms with E-state index in [-0.39, 0.29) is 0 Å². The van der Waals surface area contributed by atoms with Crippen LogP contribution in [0.4, 0.5) is 0 Å². The van der Waals surface area contributed by atoms with Crippen molar-refractivity contribution in [3.05, 3.63) is 12.4 Å². The molecule has 2 nitrogen and oxygen atoms in total. The molecule has 1 atom stereocenters. The smallest absolute Gasteiger partial charge is 0.101 e. The van der Waals surface area contributed by atoms with Gasteiger partial charge in [-0.3, -0.25) is 0 Å². The molecular weight excluding hydrogens is 593 g/mol. The molecular formula is C47H94N2. The zero-order valence-electron chi connectivity index (χ0n) is 34.6. The van der Waals surface area contributed by atoms with Gasteiger partial charge in [0.25, 0.3) is 0 Å². The minimum atomic E-state index is 0.638.